The van der Waals surface area contributed by atoms with E-state index in [0.29, 0.717) is 5.41 Å². The van der Waals surface area contributed by atoms with E-state index in [1.54, 1.807) is 0 Å². The molecule has 4 fully saturated rings. The summed E-state index contributed by atoms with van der Waals surface area (Å²) in [5.74, 6) is 5.36. The number of benzene rings is 1. The minimum absolute atomic E-state index is 0.317. The summed E-state index contributed by atoms with van der Waals surface area (Å²) in [4.78, 5) is 0. The molecular weight excluding hydrogens is 294 g/mol. The maximum atomic E-state index is 4.84. The van der Waals surface area contributed by atoms with Crippen molar-refractivity contribution in [3.63, 3.8) is 0 Å². The predicted octanol–water partition coefficient (Wildman–Crippen LogP) is 4.22. The van der Waals surface area contributed by atoms with Crippen LogP contribution >= 0.6 is 0 Å². The topological polar surface area (TPSA) is 30.7 Å². The van der Waals surface area contributed by atoms with Crippen LogP contribution in [-0.4, -0.2) is 14.8 Å². The third-order valence-corrected chi connectivity index (χ3v) is 7.32. The summed E-state index contributed by atoms with van der Waals surface area (Å²) in [7, 11) is 0. The molecule has 1 aliphatic heterocycles. The predicted molar refractivity (Wildman–Crippen MR) is 93.2 cm³/mol. The Hall–Kier alpha value is -1.64. The molecule has 1 aromatic carbocycles. The molecule has 7 rings (SSSR count). The Morgan fingerprint density at radius 3 is 2.33 bits per heavy atom. The van der Waals surface area contributed by atoms with Crippen molar-refractivity contribution in [2.75, 3.05) is 0 Å². The molecule has 24 heavy (non-hydrogen) atoms. The second-order valence-corrected chi connectivity index (χ2v) is 8.96. The minimum Gasteiger partial charge on any atom is -0.282 e. The van der Waals surface area contributed by atoms with E-state index in [2.05, 4.69) is 33.9 Å². The van der Waals surface area contributed by atoms with Gasteiger partial charge in [0.2, 0.25) is 0 Å². The summed E-state index contributed by atoms with van der Waals surface area (Å²) >= 11 is 0. The smallest absolute Gasteiger partial charge is 0.143 e. The first kappa shape index (κ1) is 13.6. The van der Waals surface area contributed by atoms with Gasteiger partial charge < -0.3 is 0 Å². The van der Waals surface area contributed by atoms with Gasteiger partial charge in [-0.2, -0.15) is 0 Å². The van der Waals surface area contributed by atoms with E-state index in [1.807, 2.05) is 0 Å². The van der Waals surface area contributed by atoms with Crippen LogP contribution in [0.2, 0.25) is 0 Å². The molecule has 4 saturated carbocycles. The maximum absolute atomic E-state index is 4.84. The summed E-state index contributed by atoms with van der Waals surface area (Å²) in [6.45, 7) is 0. The molecule has 0 amide bonds. The molecule has 0 saturated heterocycles. The highest BCUT2D eigenvalue weighted by Crippen LogP contribution is 2.60. The molecule has 4 aliphatic carbocycles. The lowest BCUT2D eigenvalue weighted by Gasteiger charge is -2.56. The number of fused-ring (bicyclic) bond motifs is 3. The van der Waals surface area contributed by atoms with Crippen molar-refractivity contribution in [3.05, 3.63) is 41.5 Å². The van der Waals surface area contributed by atoms with Crippen molar-refractivity contribution in [1.82, 2.24) is 14.8 Å². The van der Waals surface area contributed by atoms with E-state index in [1.165, 1.54) is 74.3 Å². The van der Waals surface area contributed by atoms with E-state index < -0.39 is 0 Å². The fourth-order valence-corrected chi connectivity index (χ4v) is 6.84. The van der Waals surface area contributed by atoms with Crippen LogP contribution in [0.4, 0.5) is 0 Å². The van der Waals surface area contributed by atoms with Crippen LogP contribution in [0.25, 0.3) is 5.69 Å². The maximum Gasteiger partial charge on any atom is 0.143 e. The Morgan fingerprint density at radius 2 is 1.58 bits per heavy atom. The van der Waals surface area contributed by atoms with E-state index in [0.717, 1.165) is 24.2 Å². The van der Waals surface area contributed by atoms with Crippen molar-refractivity contribution in [2.45, 2.75) is 63.2 Å². The lowest BCUT2D eigenvalue weighted by Crippen LogP contribution is -2.49. The summed E-state index contributed by atoms with van der Waals surface area (Å²) in [5, 5.41) is 9.53. The van der Waals surface area contributed by atoms with Gasteiger partial charge in [-0.1, -0.05) is 18.2 Å². The van der Waals surface area contributed by atoms with Gasteiger partial charge >= 0.3 is 0 Å². The largest absolute Gasteiger partial charge is 0.282 e. The summed E-state index contributed by atoms with van der Waals surface area (Å²) in [5.41, 5.74) is 3.15. The molecular formula is C21H25N3. The number of rotatable bonds is 1. The van der Waals surface area contributed by atoms with Crippen LogP contribution in [0.15, 0.2) is 24.3 Å². The molecule has 0 spiro atoms. The molecule has 0 unspecified atom stereocenters. The zero-order valence-electron chi connectivity index (χ0n) is 14.2. The number of nitrogens with zero attached hydrogens (tertiary/aromatic N) is 3. The molecule has 0 radical (unpaired) electrons. The molecule has 0 atom stereocenters. The van der Waals surface area contributed by atoms with E-state index in [9.17, 15) is 0 Å². The van der Waals surface area contributed by atoms with Crippen LogP contribution in [0.5, 0.6) is 0 Å². The van der Waals surface area contributed by atoms with Crippen molar-refractivity contribution < 1.29 is 0 Å². The zero-order valence-corrected chi connectivity index (χ0v) is 14.2. The first-order chi connectivity index (χ1) is 11.8. The SMILES string of the molecule is c1ccc2c(c1)CCCc1nnc(C34CC5CC(CC(C5)C3)C4)n1-2. The molecule has 3 nitrogen and oxygen atoms in total. The van der Waals surface area contributed by atoms with Crippen molar-refractivity contribution >= 4 is 0 Å². The molecule has 5 aliphatic rings. The van der Waals surface area contributed by atoms with Gasteiger partial charge in [0.05, 0.1) is 5.69 Å². The van der Waals surface area contributed by atoms with Crippen molar-refractivity contribution in [3.8, 4) is 5.69 Å². The average molecular weight is 319 g/mol. The van der Waals surface area contributed by atoms with E-state index in [4.69, 9.17) is 5.10 Å². The van der Waals surface area contributed by atoms with Gasteiger partial charge in [0.25, 0.3) is 0 Å². The second kappa shape index (κ2) is 4.71. The first-order valence-corrected chi connectivity index (χ1v) is 9.84. The van der Waals surface area contributed by atoms with E-state index in [-0.39, 0.29) is 0 Å². The molecule has 1 aromatic heterocycles. The monoisotopic (exact) mass is 319 g/mol. The Bertz CT molecular complexity index is 768. The Morgan fingerprint density at radius 1 is 0.875 bits per heavy atom. The van der Waals surface area contributed by atoms with Crippen LogP contribution in [-0.2, 0) is 18.3 Å². The zero-order chi connectivity index (χ0) is 15.7. The minimum atomic E-state index is 0.317. The Labute approximate surface area is 143 Å². The lowest BCUT2D eigenvalue weighted by molar-refractivity contribution is -0.0102. The fourth-order valence-electron chi connectivity index (χ4n) is 6.84. The Balaban J connectivity index is 1.55. The van der Waals surface area contributed by atoms with Gasteiger partial charge in [0.1, 0.15) is 11.6 Å². The molecule has 2 aromatic rings. The first-order valence-electron chi connectivity index (χ1n) is 9.84. The van der Waals surface area contributed by atoms with Gasteiger partial charge in [0, 0.05) is 11.8 Å². The summed E-state index contributed by atoms with van der Waals surface area (Å²) in [6, 6.07) is 8.95. The molecule has 4 bridgehead atoms. The van der Waals surface area contributed by atoms with Gasteiger partial charge in [0.15, 0.2) is 0 Å². The summed E-state index contributed by atoms with van der Waals surface area (Å²) in [6.07, 6.45) is 12.0. The number of hydrogen-bond acceptors (Lipinski definition) is 2. The number of aromatic nitrogens is 3. The lowest BCUT2D eigenvalue weighted by atomic mass is 9.49. The molecule has 3 heteroatoms. The third kappa shape index (κ3) is 1.79. The highest BCUT2D eigenvalue weighted by Gasteiger charge is 2.54. The number of hydrogen-bond donors (Lipinski definition) is 0. The number of aryl methyl sites for hydroxylation is 2. The molecule has 2 heterocycles. The van der Waals surface area contributed by atoms with Gasteiger partial charge in [-0.3, -0.25) is 4.57 Å². The van der Waals surface area contributed by atoms with E-state index >= 15 is 0 Å². The highest BCUT2D eigenvalue weighted by molar-refractivity contribution is 5.45. The van der Waals surface area contributed by atoms with Crippen LogP contribution in [0.3, 0.4) is 0 Å². The van der Waals surface area contributed by atoms with Gasteiger partial charge in [-0.25, -0.2) is 0 Å². The average Bonchev–Trinajstić information content (AvgIpc) is 2.91. The van der Waals surface area contributed by atoms with Crippen LogP contribution in [0.1, 0.15) is 62.2 Å². The van der Waals surface area contributed by atoms with Gasteiger partial charge in [-0.05, 0) is 80.8 Å². The quantitative estimate of drug-likeness (QED) is 0.788. The van der Waals surface area contributed by atoms with Gasteiger partial charge in [-0.15, -0.1) is 10.2 Å². The van der Waals surface area contributed by atoms with Crippen molar-refractivity contribution in [1.29, 1.82) is 0 Å². The number of para-hydroxylation sites is 1. The fraction of sp³-hybridized carbons (Fsp3) is 0.619. The Kier molecular flexibility index (Phi) is 2.67. The van der Waals surface area contributed by atoms with Crippen LogP contribution in [0, 0.1) is 17.8 Å². The van der Waals surface area contributed by atoms with Crippen molar-refractivity contribution in [2.24, 2.45) is 17.8 Å². The second-order valence-electron chi connectivity index (χ2n) is 8.96. The standard InChI is InChI=1S/C21H25N3/c1-2-6-18-17(4-1)5-3-7-19-22-23-20(24(18)19)21-11-14-8-15(12-21)10-16(9-14)13-21/h1-2,4,6,14-16H,3,5,7-13H2. The molecule has 124 valence electrons. The van der Waals surface area contributed by atoms with Crippen LogP contribution < -0.4 is 0 Å². The summed E-state index contributed by atoms with van der Waals surface area (Å²) < 4.78 is 2.48. The highest BCUT2D eigenvalue weighted by atomic mass is 15.3. The third-order valence-electron chi connectivity index (χ3n) is 7.32. The normalized spacial score (nSPS) is 36.2. The molecule has 0 N–H and O–H groups in total.